The standard InChI is InChI=1S/C18H21BrO2/c1-12(2)13-5-7-14(8-6-13)18(19)15-9-16(20-3)11-17(10-15)21-4/h5-12,18H,1-4H3. The van der Waals surface area contributed by atoms with Gasteiger partial charge in [-0.1, -0.05) is 54.0 Å². The van der Waals surface area contributed by atoms with Gasteiger partial charge in [-0.2, -0.15) is 0 Å². The fourth-order valence-electron chi connectivity index (χ4n) is 2.22. The van der Waals surface area contributed by atoms with Gasteiger partial charge in [0.2, 0.25) is 0 Å². The van der Waals surface area contributed by atoms with E-state index in [1.165, 1.54) is 11.1 Å². The monoisotopic (exact) mass is 348 g/mol. The highest BCUT2D eigenvalue weighted by molar-refractivity contribution is 9.09. The number of hydrogen-bond acceptors (Lipinski definition) is 2. The van der Waals surface area contributed by atoms with Crippen molar-refractivity contribution in [2.75, 3.05) is 14.2 Å². The Bertz CT molecular complexity index is 568. The van der Waals surface area contributed by atoms with E-state index in [0.29, 0.717) is 5.92 Å². The summed E-state index contributed by atoms with van der Waals surface area (Å²) in [4.78, 5) is 0.114. The maximum atomic E-state index is 5.33. The molecule has 0 saturated carbocycles. The number of hydrogen-bond donors (Lipinski definition) is 0. The summed E-state index contributed by atoms with van der Waals surface area (Å²) in [6, 6.07) is 14.6. The molecule has 0 saturated heterocycles. The molecular weight excluding hydrogens is 328 g/mol. The summed E-state index contributed by atoms with van der Waals surface area (Å²) in [6.07, 6.45) is 0. The topological polar surface area (TPSA) is 18.5 Å². The lowest BCUT2D eigenvalue weighted by Crippen LogP contribution is -1.96. The zero-order chi connectivity index (χ0) is 15.4. The van der Waals surface area contributed by atoms with Crippen LogP contribution in [-0.4, -0.2) is 14.2 Å². The second-order valence-electron chi connectivity index (χ2n) is 5.33. The zero-order valence-electron chi connectivity index (χ0n) is 12.9. The number of benzene rings is 2. The highest BCUT2D eigenvalue weighted by Crippen LogP contribution is 2.35. The smallest absolute Gasteiger partial charge is 0.122 e. The lowest BCUT2D eigenvalue weighted by molar-refractivity contribution is 0.393. The molecule has 0 aliphatic carbocycles. The minimum Gasteiger partial charge on any atom is -0.497 e. The second-order valence-corrected chi connectivity index (χ2v) is 6.25. The van der Waals surface area contributed by atoms with Gasteiger partial charge >= 0.3 is 0 Å². The Kier molecular flexibility index (Phi) is 5.29. The largest absolute Gasteiger partial charge is 0.497 e. The Labute approximate surface area is 135 Å². The van der Waals surface area contributed by atoms with E-state index >= 15 is 0 Å². The normalized spacial score (nSPS) is 12.3. The van der Waals surface area contributed by atoms with Crippen molar-refractivity contribution in [3.63, 3.8) is 0 Å². The van der Waals surface area contributed by atoms with Crippen LogP contribution in [0.25, 0.3) is 0 Å². The molecule has 0 aromatic heterocycles. The molecule has 2 nitrogen and oxygen atoms in total. The number of rotatable bonds is 5. The Hall–Kier alpha value is -1.48. The molecule has 0 heterocycles. The first-order valence-corrected chi connectivity index (χ1v) is 7.93. The van der Waals surface area contributed by atoms with E-state index in [2.05, 4.69) is 54.0 Å². The second kappa shape index (κ2) is 6.99. The molecule has 21 heavy (non-hydrogen) atoms. The average molecular weight is 349 g/mol. The van der Waals surface area contributed by atoms with Crippen LogP contribution in [-0.2, 0) is 0 Å². The Morgan fingerprint density at radius 1 is 0.762 bits per heavy atom. The summed E-state index contributed by atoms with van der Waals surface area (Å²) in [5, 5.41) is 0. The van der Waals surface area contributed by atoms with Gasteiger partial charge in [0.15, 0.2) is 0 Å². The Morgan fingerprint density at radius 3 is 1.67 bits per heavy atom. The van der Waals surface area contributed by atoms with Crippen LogP contribution in [0.2, 0.25) is 0 Å². The molecule has 0 spiro atoms. The first kappa shape index (κ1) is 15.9. The average Bonchev–Trinajstić information content (AvgIpc) is 2.53. The van der Waals surface area contributed by atoms with Gasteiger partial charge in [0.25, 0.3) is 0 Å². The van der Waals surface area contributed by atoms with Crippen LogP contribution in [0.4, 0.5) is 0 Å². The molecule has 0 radical (unpaired) electrons. The van der Waals surface area contributed by atoms with E-state index in [9.17, 15) is 0 Å². The molecule has 0 N–H and O–H groups in total. The summed E-state index contributed by atoms with van der Waals surface area (Å²) in [7, 11) is 3.33. The van der Waals surface area contributed by atoms with Crippen LogP contribution < -0.4 is 9.47 Å². The van der Waals surface area contributed by atoms with E-state index < -0.39 is 0 Å². The maximum Gasteiger partial charge on any atom is 0.122 e. The highest BCUT2D eigenvalue weighted by atomic mass is 79.9. The summed E-state index contributed by atoms with van der Waals surface area (Å²) in [5.74, 6) is 2.14. The fourth-order valence-corrected chi connectivity index (χ4v) is 2.79. The maximum absolute atomic E-state index is 5.33. The molecule has 3 heteroatoms. The number of methoxy groups -OCH3 is 2. The predicted octanol–water partition coefficient (Wildman–Crippen LogP) is 5.31. The van der Waals surface area contributed by atoms with Crippen molar-refractivity contribution in [2.45, 2.75) is 24.6 Å². The van der Waals surface area contributed by atoms with Crippen molar-refractivity contribution in [1.82, 2.24) is 0 Å². The van der Waals surface area contributed by atoms with Crippen LogP contribution >= 0.6 is 15.9 Å². The van der Waals surface area contributed by atoms with Crippen molar-refractivity contribution < 1.29 is 9.47 Å². The molecule has 0 bridgehead atoms. The van der Waals surface area contributed by atoms with Gasteiger partial charge in [-0.25, -0.2) is 0 Å². The number of ether oxygens (including phenoxy) is 2. The lowest BCUT2D eigenvalue weighted by Gasteiger charge is -2.15. The minimum absolute atomic E-state index is 0.114. The van der Waals surface area contributed by atoms with Crippen molar-refractivity contribution >= 4 is 15.9 Å². The van der Waals surface area contributed by atoms with Gasteiger partial charge in [-0.05, 0) is 34.7 Å². The van der Waals surface area contributed by atoms with E-state index in [1.54, 1.807) is 14.2 Å². The van der Waals surface area contributed by atoms with E-state index in [0.717, 1.165) is 17.1 Å². The zero-order valence-corrected chi connectivity index (χ0v) is 14.5. The molecule has 1 unspecified atom stereocenters. The third-order valence-corrected chi connectivity index (χ3v) is 4.62. The SMILES string of the molecule is COc1cc(OC)cc(C(Br)c2ccc(C(C)C)cc2)c1. The van der Waals surface area contributed by atoms with Crippen molar-refractivity contribution in [2.24, 2.45) is 0 Å². The summed E-state index contributed by atoms with van der Waals surface area (Å²) in [5.41, 5.74) is 3.68. The predicted molar refractivity (Wildman–Crippen MR) is 90.8 cm³/mol. The van der Waals surface area contributed by atoms with E-state index in [-0.39, 0.29) is 4.83 Å². The summed E-state index contributed by atoms with van der Waals surface area (Å²) in [6.45, 7) is 4.40. The Balaban J connectivity index is 2.32. The minimum atomic E-state index is 0.114. The summed E-state index contributed by atoms with van der Waals surface area (Å²) >= 11 is 3.77. The fraction of sp³-hybridized carbons (Fsp3) is 0.333. The third kappa shape index (κ3) is 3.79. The first-order valence-electron chi connectivity index (χ1n) is 7.02. The number of halogens is 1. The van der Waals surface area contributed by atoms with Crippen molar-refractivity contribution in [3.05, 3.63) is 59.2 Å². The van der Waals surface area contributed by atoms with Gasteiger partial charge in [0.1, 0.15) is 11.5 Å². The lowest BCUT2D eigenvalue weighted by atomic mass is 9.98. The summed E-state index contributed by atoms with van der Waals surface area (Å²) < 4.78 is 10.7. The molecule has 0 fully saturated rings. The van der Waals surface area contributed by atoms with Crippen LogP contribution in [0, 0.1) is 0 Å². The van der Waals surface area contributed by atoms with Crippen LogP contribution in [0.1, 0.15) is 41.3 Å². The molecule has 2 rings (SSSR count). The van der Waals surface area contributed by atoms with Crippen LogP contribution in [0.3, 0.4) is 0 Å². The molecular formula is C18H21BrO2. The van der Waals surface area contributed by atoms with Gasteiger partial charge in [0, 0.05) is 6.07 Å². The van der Waals surface area contributed by atoms with E-state index in [1.807, 2.05) is 18.2 Å². The van der Waals surface area contributed by atoms with Crippen LogP contribution in [0.15, 0.2) is 42.5 Å². The van der Waals surface area contributed by atoms with Gasteiger partial charge in [0.05, 0.1) is 19.0 Å². The van der Waals surface area contributed by atoms with Crippen molar-refractivity contribution in [1.29, 1.82) is 0 Å². The van der Waals surface area contributed by atoms with E-state index in [4.69, 9.17) is 9.47 Å². The molecule has 112 valence electrons. The molecule has 0 aliphatic rings. The Morgan fingerprint density at radius 2 is 1.24 bits per heavy atom. The quantitative estimate of drug-likeness (QED) is 0.681. The van der Waals surface area contributed by atoms with Gasteiger partial charge < -0.3 is 9.47 Å². The van der Waals surface area contributed by atoms with Crippen LogP contribution in [0.5, 0.6) is 11.5 Å². The highest BCUT2D eigenvalue weighted by Gasteiger charge is 2.13. The molecule has 2 aromatic carbocycles. The molecule has 0 aliphatic heterocycles. The third-order valence-electron chi connectivity index (χ3n) is 3.56. The molecule has 0 amide bonds. The molecule has 1 atom stereocenters. The molecule has 2 aromatic rings. The number of alkyl halides is 1. The van der Waals surface area contributed by atoms with Gasteiger partial charge in [-0.15, -0.1) is 0 Å². The van der Waals surface area contributed by atoms with Crippen molar-refractivity contribution in [3.8, 4) is 11.5 Å². The first-order chi connectivity index (χ1) is 10.0. The van der Waals surface area contributed by atoms with Gasteiger partial charge in [-0.3, -0.25) is 0 Å².